The Kier molecular flexibility index (Phi) is 3.85. The van der Waals surface area contributed by atoms with Crippen LogP contribution < -0.4 is 5.32 Å². The fourth-order valence-electron chi connectivity index (χ4n) is 2.80. The lowest BCUT2D eigenvalue weighted by Gasteiger charge is -2.20. The third-order valence-corrected chi connectivity index (χ3v) is 5.08. The molecule has 1 heterocycles. The Morgan fingerprint density at radius 1 is 1.14 bits per heavy atom. The van der Waals surface area contributed by atoms with Crippen LogP contribution in [0.2, 0.25) is 0 Å². The molecule has 0 fully saturated rings. The van der Waals surface area contributed by atoms with Gasteiger partial charge in [0, 0.05) is 12.1 Å². The van der Waals surface area contributed by atoms with Crippen LogP contribution in [0.15, 0.2) is 36.4 Å². The van der Waals surface area contributed by atoms with Crippen molar-refractivity contribution in [2.75, 3.05) is 6.54 Å². The molecule has 3 rings (SSSR count). The molecule has 0 bridgehead atoms. The number of nitrogens with one attached hydrogen (secondary N) is 1. The maximum Gasteiger partial charge on any atom is 0.251 e. The Bertz CT molecular complexity index is 708. The van der Waals surface area contributed by atoms with E-state index in [2.05, 4.69) is 65.4 Å². The first kappa shape index (κ1) is 14.3. The SMILES string of the molecule is Cc1ccc(C)c(C(Br)c2ccc3c(c2)C(=O)NCC3)c1. The van der Waals surface area contributed by atoms with Crippen LogP contribution in [0.4, 0.5) is 0 Å². The molecule has 1 amide bonds. The standard InChI is InChI=1S/C18H18BrNO/c1-11-3-4-12(2)15(9-11)17(19)14-6-5-13-7-8-20-18(21)16(13)10-14/h3-6,9-10,17H,7-8H2,1-2H3,(H,20,21). The minimum absolute atomic E-state index is 0.0405. The lowest BCUT2D eigenvalue weighted by atomic mass is 9.93. The summed E-state index contributed by atoms with van der Waals surface area (Å²) in [5, 5.41) is 2.91. The maximum absolute atomic E-state index is 12.0. The van der Waals surface area contributed by atoms with Gasteiger partial charge >= 0.3 is 0 Å². The van der Waals surface area contributed by atoms with E-state index in [9.17, 15) is 4.79 Å². The van der Waals surface area contributed by atoms with Gasteiger partial charge in [0.25, 0.3) is 5.91 Å². The number of rotatable bonds is 2. The highest BCUT2D eigenvalue weighted by Gasteiger charge is 2.20. The molecule has 1 N–H and O–H groups in total. The quantitative estimate of drug-likeness (QED) is 0.818. The number of hydrogen-bond donors (Lipinski definition) is 1. The molecule has 0 saturated heterocycles. The smallest absolute Gasteiger partial charge is 0.251 e. The van der Waals surface area contributed by atoms with Crippen LogP contribution in [-0.2, 0) is 6.42 Å². The molecular weight excluding hydrogens is 326 g/mol. The van der Waals surface area contributed by atoms with Crippen LogP contribution in [0, 0.1) is 13.8 Å². The summed E-state index contributed by atoms with van der Waals surface area (Å²) in [6.45, 7) is 4.96. The number of benzene rings is 2. The Morgan fingerprint density at radius 3 is 2.76 bits per heavy atom. The summed E-state index contributed by atoms with van der Waals surface area (Å²) in [7, 11) is 0. The highest BCUT2D eigenvalue weighted by atomic mass is 79.9. The van der Waals surface area contributed by atoms with Crippen molar-refractivity contribution >= 4 is 21.8 Å². The highest BCUT2D eigenvalue weighted by Crippen LogP contribution is 2.34. The van der Waals surface area contributed by atoms with E-state index in [4.69, 9.17) is 0 Å². The summed E-state index contributed by atoms with van der Waals surface area (Å²) in [5.41, 5.74) is 6.84. The van der Waals surface area contributed by atoms with Crippen LogP contribution in [-0.4, -0.2) is 12.5 Å². The number of carbonyl (C=O) groups excluding carboxylic acids is 1. The van der Waals surface area contributed by atoms with Gasteiger partial charge in [-0.15, -0.1) is 0 Å². The summed E-state index contributed by atoms with van der Waals surface area (Å²) >= 11 is 3.80. The van der Waals surface area contributed by atoms with E-state index in [1.165, 1.54) is 16.7 Å². The predicted octanol–water partition coefficient (Wildman–Crippen LogP) is 4.07. The molecular formula is C18H18BrNO. The van der Waals surface area contributed by atoms with Crippen molar-refractivity contribution in [2.45, 2.75) is 25.1 Å². The van der Waals surface area contributed by atoms with Gasteiger partial charge < -0.3 is 5.32 Å². The average Bonchev–Trinajstić information content (AvgIpc) is 2.49. The third kappa shape index (κ3) is 2.75. The van der Waals surface area contributed by atoms with Gasteiger partial charge in [0.2, 0.25) is 0 Å². The number of carbonyl (C=O) groups is 1. The van der Waals surface area contributed by atoms with Gasteiger partial charge in [-0.3, -0.25) is 4.79 Å². The predicted molar refractivity (Wildman–Crippen MR) is 89.2 cm³/mol. The first-order valence-corrected chi connectivity index (χ1v) is 8.10. The molecule has 0 aliphatic carbocycles. The van der Waals surface area contributed by atoms with Crippen molar-refractivity contribution in [3.8, 4) is 0 Å². The van der Waals surface area contributed by atoms with Gasteiger partial charge in [0.15, 0.2) is 0 Å². The molecule has 2 nitrogen and oxygen atoms in total. The normalized spacial score (nSPS) is 15.3. The molecule has 1 aliphatic rings. The first-order valence-electron chi connectivity index (χ1n) is 7.18. The molecule has 0 radical (unpaired) electrons. The second kappa shape index (κ2) is 5.64. The van der Waals surface area contributed by atoms with E-state index >= 15 is 0 Å². The van der Waals surface area contributed by atoms with E-state index in [0.29, 0.717) is 0 Å². The molecule has 0 saturated carbocycles. The van der Waals surface area contributed by atoms with Crippen LogP contribution in [0.25, 0.3) is 0 Å². The van der Waals surface area contributed by atoms with Crippen molar-refractivity contribution < 1.29 is 4.79 Å². The van der Waals surface area contributed by atoms with Gasteiger partial charge in [-0.25, -0.2) is 0 Å². The topological polar surface area (TPSA) is 29.1 Å². The molecule has 108 valence electrons. The van der Waals surface area contributed by atoms with E-state index in [1.807, 2.05) is 6.07 Å². The van der Waals surface area contributed by atoms with E-state index < -0.39 is 0 Å². The van der Waals surface area contributed by atoms with Crippen molar-refractivity contribution in [1.82, 2.24) is 5.32 Å². The lowest BCUT2D eigenvalue weighted by molar-refractivity contribution is 0.0946. The van der Waals surface area contributed by atoms with Gasteiger partial charge in [-0.2, -0.15) is 0 Å². The Balaban J connectivity index is 2.02. The zero-order valence-corrected chi connectivity index (χ0v) is 13.8. The number of fused-ring (bicyclic) bond motifs is 1. The summed E-state index contributed by atoms with van der Waals surface area (Å²) < 4.78 is 0. The van der Waals surface area contributed by atoms with Crippen molar-refractivity contribution in [2.24, 2.45) is 0 Å². The third-order valence-electron chi connectivity index (χ3n) is 4.06. The molecule has 1 atom stereocenters. The minimum Gasteiger partial charge on any atom is -0.352 e. The summed E-state index contributed by atoms with van der Waals surface area (Å²) in [6, 6.07) is 12.7. The number of halogens is 1. The van der Waals surface area contributed by atoms with E-state index in [1.54, 1.807) is 0 Å². The molecule has 1 unspecified atom stereocenters. The number of hydrogen-bond acceptors (Lipinski definition) is 1. The highest BCUT2D eigenvalue weighted by molar-refractivity contribution is 9.09. The summed E-state index contributed by atoms with van der Waals surface area (Å²) in [4.78, 5) is 12.1. The van der Waals surface area contributed by atoms with Gasteiger partial charge in [0.1, 0.15) is 0 Å². The maximum atomic E-state index is 12.0. The van der Waals surface area contributed by atoms with Crippen molar-refractivity contribution in [3.63, 3.8) is 0 Å². The van der Waals surface area contributed by atoms with Crippen LogP contribution in [0.3, 0.4) is 0 Å². The minimum atomic E-state index is 0.0405. The molecule has 0 spiro atoms. The average molecular weight is 344 g/mol. The Labute approximate surface area is 133 Å². The Hall–Kier alpha value is -1.61. The zero-order chi connectivity index (χ0) is 15.0. The second-order valence-corrected chi connectivity index (χ2v) is 6.56. The fraction of sp³-hybridized carbons (Fsp3) is 0.278. The lowest BCUT2D eigenvalue weighted by Crippen LogP contribution is -2.31. The van der Waals surface area contributed by atoms with Crippen LogP contribution in [0.1, 0.15) is 43.0 Å². The monoisotopic (exact) mass is 343 g/mol. The van der Waals surface area contributed by atoms with Gasteiger partial charge in [-0.1, -0.05) is 51.8 Å². The van der Waals surface area contributed by atoms with Crippen molar-refractivity contribution in [1.29, 1.82) is 0 Å². The molecule has 1 aliphatic heterocycles. The van der Waals surface area contributed by atoms with E-state index in [-0.39, 0.29) is 10.7 Å². The largest absolute Gasteiger partial charge is 0.352 e. The number of alkyl halides is 1. The number of aryl methyl sites for hydroxylation is 2. The molecule has 3 heteroatoms. The second-order valence-electron chi connectivity index (χ2n) is 5.65. The first-order chi connectivity index (χ1) is 10.1. The van der Waals surface area contributed by atoms with Gasteiger partial charge in [-0.05, 0) is 48.6 Å². The Morgan fingerprint density at radius 2 is 1.95 bits per heavy atom. The summed E-state index contributed by atoms with van der Waals surface area (Å²) in [5.74, 6) is 0.0405. The number of amides is 1. The molecule has 2 aromatic carbocycles. The van der Waals surface area contributed by atoms with Crippen LogP contribution >= 0.6 is 15.9 Å². The summed E-state index contributed by atoms with van der Waals surface area (Å²) in [6.07, 6.45) is 0.914. The van der Waals surface area contributed by atoms with Gasteiger partial charge in [0.05, 0.1) is 4.83 Å². The van der Waals surface area contributed by atoms with E-state index in [0.717, 1.165) is 29.7 Å². The molecule has 0 aromatic heterocycles. The molecule has 21 heavy (non-hydrogen) atoms. The zero-order valence-electron chi connectivity index (χ0n) is 12.2. The fourth-order valence-corrected chi connectivity index (χ4v) is 3.58. The van der Waals surface area contributed by atoms with Crippen LogP contribution in [0.5, 0.6) is 0 Å². The molecule has 2 aromatic rings. The van der Waals surface area contributed by atoms with Crippen molar-refractivity contribution in [3.05, 3.63) is 69.8 Å².